The van der Waals surface area contributed by atoms with Crippen LogP contribution in [-0.2, 0) is 24.2 Å². The lowest BCUT2D eigenvalue weighted by Gasteiger charge is -2.14. The van der Waals surface area contributed by atoms with Gasteiger partial charge in [-0.2, -0.15) is 0 Å². The monoisotopic (exact) mass is 281 g/mol. The number of amides is 1. The summed E-state index contributed by atoms with van der Waals surface area (Å²) in [6, 6.07) is 0. The summed E-state index contributed by atoms with van der Waals surface area (Å²) >= 11 is 0. The summed E-state index contributed by atoms with van der Waals surface area (Å²) in [4.78, 5) is 22.1. The zero-order valence-corrected chi connectivity index (χ0v) is 11.5. The van der Waals surface area contributed by atoms with Crippen LogP contribution in [0.4, 0.5) is 0 Å². The molecule has 0 aromatic carbocycles. The second kappa shape index (κ2) is 7.32. The van der Waals surface area contributed by atoms with Crippen molar-refractivity contribution in [2.24, 2.45) is 5.92 Å². The van der Waals surface area contributed by atoms with E-state index in [-0.39, 0.29) is 13.2 Å². The van der Waals surface area contributed by atoms with Crippen LogP contribution in [0.1, 0.15) is 13.8 Å². The number of hydrogen-bond donors (Lipinski definition) is 2. The number of methoxy groups -OCH3 is 1. The van der Waals surface area contributed by atoms with Crippen LogP contribution in [0, 0.1) is 5.92 Å². The Morgan fingerprint density at radius 2 is 1.89 bits per heavy atom. The van der Waals surface area contributed by atoms with Gasteiger partial charge in [-0.25, -0.2) is 8.42 Å². The Bertz CT molecular complexity index is 391. The molecule has 18 heavy (non-hydrogen) atoms. The zero-order chi connectivity index (χ0) is 14.3. The smallest absolute Gasteiger partial charge is 0.307 e. The molecule has 2 atom stereocenters. The van der Waals surface area contributed by atoms with E-state index in [2.05, 4.69) is 5.32 Å². The number of rotatable bonds is 8. The number of carbonyl (C=O) groups is 2. The predicted octanol–water partition coefficient (Wildman–Crippen LogP) is -0.727. The lowest BCUT2D eigenvalue weighted by Crippen LogP contribution is -2.41. The Balaban J connectivity index is 4.51. The maximum Gasteiger partial charge on any atom is 0.307 e. The number of carboxylic acid groups (broad SMARTS) is 1. The van der Waals surface area contributed by atoms with E-state index in [1.54, 1.807) is 0 Å². The van der Waals surface area contributed by atoms with Gasteiger partial charge in [0.25, 0.3) is 0 Å². The molecule has 0 heterocycles. The molecule has 0 fully saturated rings. The fourth-order valence-corrected chi connectivity index (χ4v) is 2.68. The average molecular weight is 281 g/mol. The lowest BCUT2D eigenvalue weighted by atomic mass is 10.2. The highest BCUT2D eigenvalue weighted by atomic mass is 32.2. The van der Waals surface area contributed by atoms with Crippen molar-refractivity contribution in [2.45, 2.75) is 19.1 Å². The molecule has 0 saturated carbocycles. The Kier molecular flexibility index (Phi) is 6.85. The van der Waals surface area contributed by atoms with E-state index >= 15 is 0 Å². The Hall–Kier alpha value is -1.15. The summed E-state index contributed by atoms with van der Waals surface area (Å²) < 4.78 is 28.2. The first-order valence-corrected chi connectivity index (χ1v) is 7.15. The molecule has 8 heteroatoms. The minimum absolute atomic E-state index is 0.212. The van der Waals surface area contributed by atoms with Gasteiger partial charge in [0, 0.05) is 13.7 Å². The highest BCUT2D eigenvalue weighted by Crippen LogP contribution is 2.08. The summed E-state index contributed by atoms with van der Waals surface area (Å²) in [6.45, 7) is 3.02. The van der Waals surface area contributed by atoms with Gasteiger partial charge in [-0.3, -0.25) is 9.59 Å². The highest BCUT2D eigenvalue weighted by molar-refractivity contribution is 7.92. The van der Waals surface area contributed by atoms with E-state index in [9.17, 15) is 18.0 Å². The van der Waals surface area contributed by atoms with E-state index in [1.165, 1.54) is 21.0 Å². The van der Waals surface area contributed by atoms with E-state index in [0.29, 0.717) is 0 Å². The molecule has 7 nitrogen and oxygen atoms in total. The molecular formula is C10H19NO6S. The van der Waals surface area contributed by atoms with Crippen molar-refractivity contribution in [3.63, 3.8) is 0 Å². The van der Waals surface area contributed by atoms with Gasteiger partial charge in [0.1, 0.15) is 5.25 Å². The second-order valence-corrected chi connectivity index (χ2v) is 6.36. The van der Waals surface area contributed by atoms with Crippen molar-refractivity contribution in [1.82, 2.24) is 5.32 Å². The molecule has 2 unspecified atom stereocenters. The summed E-state index contributed by atoms with van der Waals surface area (Å²) in [6.07, 6.45) is 0. The fraction of sp³-hybridized carbons (Fsp3) is 0.800. The fourth-order valence-electron chi connectivity index (χ4n) is 1.15. The largest absolute Gasteiger partial charge is 0.481 e. The van der Waals surface area contributed by atoms with Crippen molar-refractivity contribution in [3.05, 3.63) is 0 Å². The van der Waals surface area contributed by atoms with Gasteiger partial charge in [0.05, 0.1) is 18.3 Å². The molecule has 106 valence electrons. The molecule has 0 spiro atoms. The molecule has 2 N–H and O–H groups in total. The van der Waals surface area contributed by atoms with Gasteiger partial charge >= 0.3 is 5.97 Å². The topological polar surface area (TPSA) is 110 Å². The predicted molar refractivity (Wildman–Crippen MR) is 64.9 cm³/mol. The molecule has 0 aliphatic heterocycles. The van der Waals surface area contributed by atoms with Crippen molar-refractivity contribution in [3.8, 4) is 0 Å². The molecular weight excluding hydrogens is 262 g/mol. The third-order valence-corrected chi connectivity index (χ3v) is 4.67. The quantitative estimate of drug-likeness (QED) is 0.568. The molecule has 0 radical (unpaired) electrons. The molecule has 0 aromatic rings. The van der Waals surface area contributed by atoms with E-state index in [1.807, 2.05) is 0 Å². The lowest BCUT2D eigenvalue weighted by molar-refractivity contribution is -0.140. The summed E-state index contributed by atoms with van der Waals surface area (Å²) in [5, 5.41) is 9.79. The molecule has 0 saturated heterocycles. The van der Waals surface area contributed by atoms with E-state index in [0.717, 1.165) is 0 Å². The third-order valence-electron chi connectivity index (χ3n) is 2.42. The van der Waals surface area contributed by atoms with Gasteiger partial charge in [0.15, 0.2) is 9.84 Å². The van der Waals surface area contributed by atoms with Crippen LogP contribution in [0.25, 0.3) is 0 Å². The molecule has 1 amide bonds. The van der Waals surface area contributed by atoms with Gasteiger partial charge in [0.2, 0.25) is 5.91 Å². The Labute approximate surface area is 106 Å². The average Bonchev–Trinajstić information content (AvgIpc) is 2.27. The third kappa shape index (κ3) is 5.46. The number of carboxylic acids is 1. The summed E-state index contributed by atoms with van der Waals surface area (Å²) in [5.74, 6) is -3.44. The van der Waals surface area contributed by atoms with Crippen LogP contribution in [-0.4, -0.2) is 56.7 Å². The number of sulfone groups is 1. The molecule has 0 bridgehead atoms. The highest BCUT2D eigenvalue weighted by Gasteiger charge is 2.31. The Morgan fingerprint density at radius 1 is 1.33 bits per heavy atom. The van der Waals surface area contributed by atoms with Gasteiger partial charge in [-0.15, -0.1) is 0 Å². The van der Waals surface area contributed by atoms with Crippen molar-refractivity contribution < 1.29 is 27.9 Å². The van der Waals surface area contributed by atoms with E-state index in [4.69, 9.17) is 9.84 Å². The zero-order valence-electron chi connectivity index (χ0n) is 10.7. The van der Waals surface area contributed by atoms with Crippen LogP contribution in [0.15, 0.2) is 0 Å². The summed E-state index contributed by atoms with van der Waals surface area (Å²) in [7, 11) is -2.32. The first-order valence-electron chi connectivity index (χ1n) is 5.43. The van der Waals surface area contributed by atoms with Crippen LogP contribution in [0.2, 0.25) is 0 Å². The van der Waals surface area contributed by atoms with Gasteiger partial charge in [-0.05, 0) is 6.92 Å². The Morgan fingerprint density at radius 3 is 2.33 bits per heavy atom. The first-order chi connectivity index (χ1) is 8.22. The number of aliphatic carboxylic acids is 1. The molecule has 0 aromatic heterocycles. The summed E-state index contributed by atoms with van der Waals surface area (Å²) in [5.41, 5.74) is 0. The molecule has 0 rings (SSSR count). The van der Waals surface area contributed by atoms with Crippen LogP contribution in [0.5, 0.6) is 0 Å². The van der Waals surface area contributed by atoms with Crippen molar-refractivity contribution >= 4 is 21.7 Å². The number of hydrogen-bond acceptors (Lipinski definition) is 5. The van der Waals surface area contributed by atoms with Gasteiger partial charge < -0.3 is 15.2 Å². The first kappa shape index (κ1) is 16.9. The maximum atomic E-state index is 11.8. The van der Waals surface area contributed by atoms with Gasteiger partial charge in [-0.1, -0.05) is 6.92 Å². The van der Waals surface area contributed by atoms with Crippen molar-refractivity contribution in [1.29, 1.82) is 0 Å². The van der Waals surface area contributed by atoms with Crippen LogP contribution in [0.3, 0.4) is 0 Å². The van der Waals surface area contributed by atoms with Crippen LogP contribution < -0.4 is 5.32 Å². The number of carbonyl (C=O) groups excluding carboxylic acids is 1. The standard InChI is InChI=1S/C10H19NO6S/c1-7(10(13)14)6-18(15,16)8(2)9(12)11-4-5-17-3/h7-8H,4-6H2,1-3H3,(H,11,12)(H,13,14). The van der Waals surface area contributed by atoms with Crippen LogP contribution >= 0.6 is 0 Å². The minimum Gasteiger partial charge on any atom is -0.481 e. The normalized spacial score (nSPS) is 14.8. The SMILES string of the molecule is COCCNC(=O)C(C)S(=O)(=O)CC(C)C(=O)O. The molecule has 0 aliphatic rings. The van der Waals surface area contributed by atoms with E-state index < -0.39 is 38.6 Å². The molecule has 0 aliphatic carbocycles. The number of nitrogens with one attached hydrogen (secondary N) is 1. The van der Waals surface area contributed by atoms with Crippen molar-refractivity contribution in [2.75, 3.05) is 26.0 Å². The number of ether oxygens (including phenoxy) is 1. The minimum atomic E-state index is -3.77. The second-order valence-electron chi connectivity index (χ2n) is 3.99. The maximum absolute atomic E-state index is 11.8.